The van der Waals surface area contributed by atoms with Gasteiger partial charge in [-0.05, 0) is 48.4 Å². The van der Waals surface area contributed by atoms with Crippen molar-refractivity contribution in [1.82, 2.24) is 9.55 Å². The number of methoxy groups -OCH3 is 1. The molecule has 0 bridgehead atoms. The van der Waals surface area contributed by atoms with E-state index in [0.717, 1.165) is 47.7 Å². The number of nitrogens with zero attached hydrogens (tertiary/aromatic N) is 3. The quantitative estimate of drug-likeness (QED) is 0.625. The summed E-state index contributed by atoms with van der Waals surface area (Å²) < 4.78 is 7.37. The highest BCUT2D eigenvalue weighted by Crippen LogP contribution is 2.22. The minimum atomic E-state index is 0.760. The molecule has 23 heavy (non-hydrogen) atoms. The Bertz CT molecular complexity index is 803. The molecule has 0 amide bonds. The van der Waals surface area contributed by atoms with Crippen LogP contribution in [0.25, 0.3) is 11.0 Å². The Labute approximate surface area is 136 Å². The van der Waals surface area contributed by atoms with Gasteiger partial charge in [-0.25, -0.2) is 9.98 Å². The van der Waals surface area contributed by atoms with E-state index in [4.69, 9.17) is 4.74 Å². The Morgan fingerprint density at radius 1 is 1.13 bits per heavy atom. The molecule has 4 heteroatoms. The van der Waals surface area contributed by atoms with Gasteiger partial charge in [0.25, 0.3) is 0 Å². The minimum absolute atomic E-state index is 0.760. The van der Waals surface area contributed by atoms with Crippen LogP contribution in [-0.4, -0.2) is 22.9 Å². The maximum Gasteiger partial charge on any atom is 0.230 e. The molecule has 118 valence electrons. The number of benzene rings is 2. The number of imidazole rings is 1. The minimum Gasteiger partial charge on any atom is -0.497 e. The van der Waals surface area contributed by atoms with Crippen molar-refractivity contribution >= 4 is 23.2 Å². The van der Waals surface area contributed by atoms with Crippen molar-refractivity contribution in [2.24, 2.45) is 4.99 Å². The molecule has 0 aliphatic carbocycles. The summed E-state index contributed by atoms with van der Waals surface area (Å²) >= 11 is 0. The summed E-state index contributed by atoms with van der Waals surface area (Å²) in [6.07, 6.45) is 4.11. The zero-order valence-electron chi connectivity index (χ0n) is 13.6. The lowest BCUT2D eigenvalue weighted by molar-refractivity contribution is 0.415. The summed E-state index contributed by atoms with van der Waals surface area (Å²) in [5.74, 6) is 1.60. The molecule has 0 unspecified atom stereocenters. The highest BCUT2D eigenvalue weighted by atomic mass is 16.5. The SMILES string of the molecule is CCCCn1c(/N=C\c2ccc(OC)cc2)nc2ccccc21. The van der Waals surface area contributed by atoms with E-state index in [1.807, 2.05) is 48.7 Å². The van der Waals surface area contributed by atoms with Crippen molar-refractivity contribution in [2.75, 3.05) is 7.11 Å². The first kappa shape index (κ1) is 15.3. The normalized spacial score (nSPS) is 11.4. The van der Waals surface area contributed by atoms with E-state index in [1.165, 1.54) is 0 Å². The molecule has 0 aliphatic rings. The third-order valence-electron chi connectivity index (χ3n) is 3.81. The summed E-state index contributed by atoms with van der Waals surface area (Å²) in [7, 11) is 1.67. The second-order valence-corrected chi connectivity index (χ2v) is 5.44. The van der Waals surface area contributed by atoms with Gasteiger partial charge < -0.3 is 9.30 Å². The van der Waals surface area contributed by atoms with Crippen molar-refractivity contribution < 1.29 is 4.74 Å². The Morgan fingerprint density at radius 3 is 2.65 bits per heavy atom. The number of unbranched alkanes of at least 4 members (excludes halogenated alkanes) is 1. The lowest BCUT2D eigenvalue weighted by Crippen LogP contribution is -1.97. The molecule has 0 spiro atoms. The average molecular weight is 307 g/mol. The standard InChI is InChI=1S/C19H21N3O/c1-3-4-13-22-18-8-6-5-7-17(18)21-19(22)20-14-15-9-11-16(23-2)12-10-15/h5-12,14H,3-4,13H2,1-2H3/b20-14-. The molecule has 3 aromatic rings. The molecule has 1 heterocycles. The smallest absolute Gasteiger partial charge is 0.230 e. The van der Waals surface area contributed by atoms with Gasteiger partial charge in [0.05, 0.1) is 18.1 Å². The topological polar surface area (TPSA) is 39.4 Å². The van der Waals surface area contributed by atoms with Crippen molar-refractivity contribution in [1.29, 1.82) is 0 Å². The van der Waals surface area contributed by atoms with Crippen molar-refractivity contribution in [3.05, 3.63) is 54.1 Å². The second kappa shape index (κ2) is 7.09. The Hall–Kier alpha value is -2.62. The van der Waals surface area contributed by atoms with E-state index in [1.54, 1.807) is 7.11 Å². The summed E-state index contributed by atoms with van der Waals surface area (Å²) in [5.41, 5.74) is 3.16. The summed E-state index contributed by atoms with van der Waals surface area (Å²) in [6.45, 7) is 3.13. The number of aliphatic imine (C=N–C) groups is 1. The van der Waals surface area contributed by atoms with Gasteiger partial charge in [0.2, 0.25) is 5.95 Å². The summed E-state index contributed by atoms with van der Waals surface area (Å²) in [5, 5.41) is 0. The molecular weight excluding hydrogens is 286 g/mol. The van der Waals surface area contributed by atoms with Crippen molar-refractivity contribution in [2.45, 2.75) is 26.3 Å². The van der Waals surface area contributed by atoms with Crippen LogP contribution in [-0.2, 0) is 6.54 Å². The number of rotatable bonds is 6. The van der Waals surface area contributed by atoms with E-state index in [-0.39, 0.29) is 0 Å². The van der Waals surface area contributed by atoms with Crippen LogP contribution in [0.4, 0.5) is 5.95 Å². The number of aryl methyl sites for hydroxylation is 1. The highest BCUT2D eigenvalue weighted by Gasteiger charge is 2.08. The molecule has 0 radical (unpaired) electrons. The van der Waals surface area contributed by atoms with E-state index >= 15 is 0 Å². The van der Waals surface area contributed by atoms with Crippen molar-refractivity contribution in [3.63, 3.8) is 0 Å². The molecule has 0 aliphatic heterocycles. The largest absolute Gasteiger partial charge is 0.497 e. The Morgan fingerprint density at radius 2 is 1.91 bits per heavy atom. The van der Waals surface area contributed by atoms with Gasteiger partial charge in [0.1, 0.15) is 5.75 Å². The van der Waals surface area contributed by atoms with Gasteiger partial charge in [-0.3, -0.25) is 0 Å². The first-order valence-corrected chi connectivity index (χ1v) is 7.95. The van der Waals surface area contributed by atoms with Gasteiger partial charge >= 0.3 is 0 Å². The van der Waals surface area contributed by atoms with Crippen LogP contribution < -0.4 is 4.74 Å². The van der Waals surface area contributed by atoms with Crippen LogP contribution in [0, 0.1) is 0 Å². The molecule has 2 aromatic carbocycles. The zero-order valence-corrected chi connectivity index (χ0v) is 13.6. The molecule has 0 saturated heterocycles. The average Bonchev–Trinajstić information content (AvgIpc) is 2.96. The number of hydrogen-bond acceptors (Lipinski definition) is 3. The van der Waals surface area contributed by atoms with Crippen LogP contribution in [0.3, 0.4) is 0 Å². The molecule has 0 fully saturated rings. The third-order valence-corrected chi connectivity index (χ3v) is 3.81. The number of fused-ring (bicyclic) bond motifs is 1. The molecule has 0 saturated carbocycles. The van der Waals surface area contributed by atoms with Crippen LogP contribution in [0.2, 0.25) is 0 Å². The fraction of sp³-hybridized carbons (Fsp3) is 0.263. The highest BCUT2D eigenvalue weighted by molar-refractivity contribution is 5.83. The van der Waals surface area contributed by atoms with Crippen LogP contribution in [0.5, 0.6) is 5.75 Å². The molecule has 0 N–H and O–H groups in total. The van der Waals surface area contributed by atoms with Gasteiger partial charge in [-0.1, -0.05) is 25.5 Å². The van der Waals surface area contributed by atoms with Gasteiger partial charge in [0.15, 0.2) is 0 Å². The van der Waals surface area contributed by atoms with Crippen LogP contribution in [0.1, 0.15) is 25.3 Å². The lowest BCUT2D eigenvalue weighted by atomic mass is 10.2. The molecule has 1 aromatic heterocycles. The fourth-order valence-electron chi connectivity index (χ4n) is 2.52. The Balaban J connectivity index is 1.92. The lowest BCUT2D eigenvalue weighted by Gasteiger charge is -2.05. The van der Waals surface area contributed by atoms with Crippen LogP contribution >= 0.6 is 0 Å². The van der Waals surface area contributed by atoms with Gasteiger partial charge in [-0.15, -0.1) is 0 Å². The number of hydrogen-bond donors (Lipinski definition) is 0. The first-order chi connectivity index (χ1) is 11.3. The van der Waals surface area contributed by atoms with Crippen LogP contribution in [0.15, 0.2) is 53.5 Å². The van der Waals surface area contributed by atoms with Gasteiger partial charge in [0, 0.05) is 12.8 Å². The molecule has 3 rings (SSSR count). The Kier molecular flexibility index (Phi) is 4.71. The zero-order chi connectivity index (χ0) is 16.1. The van der Waals surface area contributed by atoms with E-state index in [2.05, 4.69) is 27.5 Å². The maximum atomic E-state index is 5.17. The van der Waals surface area contributed by atoms with Crippen molar-refractivity contribution in [3.8, 4) is 5.75 Å². The monoisotopic (exact) mass is 307 g/mol. The maximum absolute atomic E-state index is 5.17. The fourth-order valence-corrected chi connectivity index (χ4v) is 2.52. The first-order valence-electron chi connectivity index (χ1n) is 7.95. The summed E-state index contributed by atoms with van der Waals surface area (Å²) in [6, 6.07) is 16.0. The van der Waals surface area contributed by atoms with E-state index in [9.17, 15) is 0 Å². The number of ether oxygens (including phenoxy) is 1. The molecule has 0 atom stereocenters. The summed E-state index contributed by atoms with van der Waals surface area (Å²) in [4.78, 5) is 9.26. The molecular formula is C19H21N3O. The predicted octanol–water partition coefficient (Wildman–Crippen LogP) is 4.60. The third kappa shape index (κ3) is 3.42. The second-order valence-electron chi connectivity index (χ2n) is 5.44. The number of aromatic nitrogens is 2. The van der Waals surface area contributed by atoms with E-state index in [0.29, 0.717) is 0 Å². The van der Waals surface area contributed by atoms with E-state index < -0.39 is 0 Å². The van der Waals surface area contributed by atoms with Gasteiger partial charge in [-0.2, -0.15) is 0 Å². The molecule has 4 nitrogen and oxygen atoms in total. The predicted molar refractivity (Wildman–Crippen MR) is 94.9 cm³/mol. The number of para-hydroxylation sites is 2.